The third-order valence-electron chi connectivity index (χ3n) is 5.01. The number of hydrogen-bond acceptors (Lipinski definition) is 3. The van der Waals surface area contributed by atoms with Gasteiger partial charge in [-0.25, -0.2) is 4.39 Å². The first-order valence-electron chi connectivity index (χ1n) is 9.70. The molecule has 1 aromatic heterocycles. The third-order valence-corrected chi connectivity index (χ3v) is 5.39. The molecule has 0 spiro atoms. The van der Waals surface area contributed by atoms with Gasteiger partial charge in [-0.2, -0.15) is 0 Å². The smallest absolute Gasteiger partial charge is 0.239 e. The van der Waals surface area contributed by atoms with E-state index in [1.807, 2.05) is 11.0 Å². The Morgan fingerprint density at radius 3 is 2.64 bits per heavy atom. The first-order chi connectivity index (χ1) is 13.6. The Labute approximate surface area is 170 Å². The number of thiocarbonyl (C=S) groups is 1. The molecule has 0 aliphatic heterocycles. The molecule has 0 saturated heterocycles. The summed E-state index contributed by atoms with van der Waals surface area (Å²) in [5.74, 6) is 0.287. The Balaban J connectivity index is 1.57. The minimum absolute atomic E-state index is 0.0695. The highest BCUT2D eigenvalue weighted by molar-refractivity contribution is 7.80. The summed E-state index contributed by atoms with van der Waals surface area (Å²) >= 11 is 5.57. The van der Waals surface area contributed by atoms with Gasteiger partial charge in [0, 0.05) is 18.2 Å². The summed E-state index contributed by atoms with van der Waals surface area (Å²) in [5, 5.41) is 6.32. The zero-order valence-corrected chi connectivity index (χ0v) is 16.6. The average molecular weight is 404 g/mol. The van der Waals surface area contributed by atoms with E-state index in [1.165, 1.54) is 12.5 Å². The van der Waals surface area contributed by atoms with E-state index in [9.17, 15) is 9.18 Å². The quantitative estimate of drug-likeness (QED) is 0.690. The number of carbonyl (C=O) groups is 1. The lowest BCUT2D eigenvalue weighted by Gasteiger charge is -2.36. The molecule has 5 nitrogen and oxygen atoms in total. The summed E-state index contributed by atoms with van der Waals surface area (Å²) in [7, 11) is 0. The third kappa shape index (κ3) is 5.79. The van der Waals surface area contributed by atoms with Crippen molar-refractivity contribution in [3.05, 3.63) is 59.8 Å². The number of amides is 1. The van der Waals surface area contributed by atoms with E-state index in [-0.39, 0.29) is 24.3 Å². The number of halogens is 1. The van der Waals surface area contributed by atoms with Gasteiger partial charge in [-0.1, -0.05) is 37.5 Å². The van der Waals surface area contributed by atoms with Crippen LogP contribution in [0.15, 0.2) is 47.1 Å². The maximum absolute atomic E-state index is 14.2. The van der Waals surface area contributed by atoms with Crippen LogP contribution in [0.2, 0.25) is 0 Å². The van der Waals surface area contributed by atoms with Crippen LogP contribution < -0.4 is 10.6 Å². The van der Waals surface area contributed by atoms with Crippen LogP contribution in [-0.2, 0) is 17.9 Å². The molecular formula is C21H26FN3O2S. The topological polar surface area (TPSA) is 57.5 Å². The lowest BCUT2D eigenvalue weighted by Crippen LogP contribution is -2.48. The van der Waals surface area contributed by atoms with Crippen LogP contribution in [0.25, 0.3) is 0 Å². The summed E-state index contributed by atoms with van der Waals surface area (Å²) in [6.45, 7) is 0.805. The predicted octanol–water partition coefficient (Wildman–Crippen LogP) is 3.74. The Bertz CT molecular complexity index is 776. The van der Waals surface area contributed by atoms with Crippen molar-refractivity contribution >= 4 is 23.2 Å². The zero-order chi connectivity index (χ0) is 19.8. The number of hydrogen-bond donors (Lipinski definition) is 2. The molecule has 1 aromatic carbocycles. The van der Waals surface area contributed by atoms with E-state index >= 15 is 0 Å². The number of carbonyl (C=O) groups excluding carboxylic acids is 1. The molecule has 2 N–H and O–H groups in total. The Kier molecular flexibility index (Phi) is 7.42. The van der Waals surface area contributed by atoms with E-state index in [0.717, 1.165) is 25.7 Å². The Morgan fingerprint density at radius 2 is 1.93 bits per heavy atom. The van der Waals surface area contributed by atoms with Gasteiger partial charge in [-0.3, -0.25) is 4.79 Å². The fraction of sp³-hybridized carbons (Fsp3) is 0.429. The molecule has 0 atom stereocenters. The van der Waals surface area contributed by atoms with Crippen molar-refractivity contribution < 1.29 is 13.6 Å². The predicted molar refractivity (Wildman–Crippen MR) is 110 cm³/mol. The number of nitrogens with zero attached hydrogens (tertiary/aromatic N) is 1. The van der Waals surface area contributed by atoms with Gasteiger partial charge in [0.1, 0.15) is 11.6 Å². The van der Waals surface area contributed by atoms with Gasteiger partial charge in [-0.05, 0) is 43.3 Å². The maximum Gasteiger partial charge on any atom is 0.239 e. The molecule has 28 heavy (non-hydrogen) atoms. The van der Waals surface area contributed by atoms with E-state index in [2.05, 4.69) is 10.6 Å². The first-order valence-corrected chi connectivity index (χ1v) is 10.1. The van der Waals surface area contributed by atoms with Crippen LogP contribution in [0.3, 0.4) is 0 Å². The van der Waals surface area contributed by atoms with Crippen LogP contribution >= 0.6 is 12.2 Å². The fourth-order valence-electron chi connectivity index (χ4n) is 3.49. The zero-order valence-electron chi connectivity index (χ0n) is 15.8. The van der Waals surface area contributed by atoms with Crippen LogP contribution in [0, 0.1) is 5.82 Å². The van der Waals surface area contributed by atoms with E-state index < -0.39 is 0 Å². The molecule has 0 unspecified atom stereocenters. The minimum Gasteiger partial charge on any atom is -0.467 e. The molecule has 1 amide bonds. The molecule has 7 heteroatoms. The summed E-state index contributed by atoms with van der Waals surface area (Å²) in [6, 6.07) is 10.6. The molecule has 1 aliphatic rings. The second-order valence-corrected chi connectivity index (χ2v) is 7.41. The van der Waals surface area contributed by atoms with Crippen LogP contribution in [-0.4, -0.2) is 28.5 Å². The first kappa shape index (κ1) is 20.3. The molecule has 0 bridgehead atoms. The standard InChI is InChI=1S/C21H26FN3O2S/c22-19-11-5-4-7-16(19)15-25(17-8-2-1-3-9-17)21(28)24-14-20(26)23-13-18-10-6-12-27-18/h4-7,10-12,17H,1-3,8-9,13-15H2,(H,23,26)(H,24,28). The maximum atomic E-state index is 14.2. The lowest BCUT2D eigenvalue weighted by molar-refractivity contribution is -0.120. The van der Waals surface area contributed by atoms with Gasteiger partial charge in [-0.15, -0.1) is 0 Å². The van der Waals surface area contributed by atoms with Crippen LogP contribution in [0.4, 0.5) is 4.39 Å². The lowest BCUT2D eigenvalue weighted by atomic mass is 9.94. The summed E-state index contributed by atoms with van der Waals surface area (Å²) in [6.07, 6.45) is 7.14. The van der Waals surface area contributed by atoms with Gasteiger partial charge in [0.25, 0.3) is 0 Å². The molecule has 150 valence electrons. The molecular weight excluding hydrogens is 377 g/mol. The molecule has 1 aliphatic carbocycles. The number of furan rings is 1. The van der Waals surface area contributed by atoms with Gasteiger partial charge >= 0.3 is 0 Å². The molecule has 0 radical (unpaired) electrons. The van der Waals surface area contributed by atoms with Crippen LogP contribution in [0.1, 0.15) is 43.4 Å². The van der Waals surface area contributed by atoms with E-state index in [0.29, 0.717) is 29.5 Å². The van der Waals surface area contributed by atoms with Gasteiger partial charge in [0.2, 0.25) is 5.91 Å². The van der Waals surface area contributed by atoms with Crippen molar-refractivity contribution in [2.45, 2.75) is 51.2 Å². The molecule has 2 aromatic rings. The van der Waals surface area contributed by atoms with Gasteiger partial charge in [0.15, 0.2) is 5.11 Å². The molecule has 1 heterocycles. The summed E-state index contributed by atoms with van der Waals surface area (Å²) < 4.78 is 19.4. The van der Waals surface area contributed by atoms with Crippen molar-refractivity contribution in [2.75, 3.05) is 6.54 Å². The highest BCUT2D eigenvalue weighted by atomic mass is 32.1. The van der Waals surface area contributed by atoms with Gasteiger partial charge < -0.3 is 20.0 Å². The second-order valence-electron chi connectivity index (χ2n) is 7.03. The fourth-order valence-corrected chi connectivity index (χ4v) is 3.77. The normalized spacial score (nSPS) is 14.5. The van der Waals surface area contributed by atoms with Crippen molar-refractivity contribution in [3.8, 4) is 0 Å². The minimum atomic E-state index is -0.234. The Hall–Kier alpha value is -2.41. The monoisotopic (exact) mass is 403 g/mol. The van der Waals surface area contributed by atoms with E-state index in [1.54, 1.807) is 30.5 Å². The number of rotatable bonds is 7. The number of benzene rings is 1. The molecule has 1 saturated carbocycles. The average Bonchev–Trinajstić information content (AvgIpc) is 3.24. The number of nitrogens with one attached hydrogen (secondary N) is 2. The Morgan fingerprint density at radius 1 is 1.14 bits per heavy atom. The summed E-state index contributed by atoms with van der Waals surface area (Å²) in [4.78, 5) is 14.1. The molecule has 1 fully saturated rings. The SMILES string of the molecule is O=C(CNC(=S)N(Cc1ccccc1F)C1CCCCC1)NCc1ccco1. The highest BCUT2D eigenvalue weighted by Gasteiger charge is 2.24. The molecule has 3 rings (SSSR count). The van der Waals surface area contributed by atoms with Crippen LogP contribution in [0.5, 0.6) is 0 Å². The van der Waals surface area contributed by atoms with E-state index in [4.69, 9.17) is 16.6 Å². The second kappa shape index (κ2) is 10.2. The van der Waals surface area contributed by atoms with Gasteiger partial charge in [0.05, 0.1) is 19.4 Å². The van der Waals surface area contributed by atoms with Crippen molar-refractivity contribution in [1.82, 2.24) is 15.5 Å². The highest BCUT2D eigenvalue weighted by Crippen LogP contribution is 2.25. The van der Waals surface area contributed by atoms with Crippen molar-refractivity contribution in [3.63, 3.8) is 0 Å². The summed E-state index contributed by atoms with van der Waals surface area (Å²) in [5.41, 5.74) is 0.611. The van der Waals surface area contributed by atoms with Crippen molar-refractivity contribution in [2.24, 2.45) is 0 Å². The largest absolute Gasteiger partial charge is 0.467 e. The van der Waals surface area contributed by atoms with Crippen molar-refractivity contribution in [1.29, 1.82) is 0 Å².